The number of ether oxygens (including phenoxy) is 1. The van der Waals surface area contributed by atoms with Gasteiger partial charge < -0.3 is 20.3 Å². The number of carbonyl (C=O) groups excluding carboxylic acids is 3. The number of thiophene rings is 1. The molecule has 2 N–H and O–H groups in total. The molecule has 5 heterocycles. The van der Waals surface area contributed by atoms with Crippen molar-refractivity contribution in [2.45, 2.75) is 32.2 Å². The van der Waals surface area contributed by atoms with E-state index in [4.69, 9.17) is 4.74 Å². The van der Waals surface area contributed by atoms with E-state index in [1.165, 1.54) is 11.3 Å². The molecule has 2 aromatic carbocycles. The zero-order chi connectivity index (χ0) is 29.5. The molecule has 4 amide bonds. The van der Waals surface area contributed by atoms with E-state index in [9.17, 15) is 14.4 Å². The van der Waals surface area contributed by atoms with Gasteiger partial charge in [-0.2, -0.15) is 0 Å². The lowest BCUT2D eigenvalue weighted by Gasteiger charge is -2.36. The van der Waals surface area contributed by atoms with Gasteiger partial charge in [0.25, 0.3) is 5.91 Å². The molecule has 43 heavy (non-hydrogen) atoms. The minimum atomic E-state index is -0.354. The molecule has 2 aromatic heterocycles. The maximum absolute atomic E-state index is 13.6. The van der Waals surface area contributed by atoms with Crippen LogP contribution in [0.2, 0.25) is 0 Å². The fourth-order valence-electron chi connectivity index (χ4n) is 5.95. The highest BCUT2D eigenvalue weighted by molar-refractivity contribution is 7.21. The van der Waals surface area contributed by atoms with Crippen LogP contribution in [0.25, 0.3) is 10.2 Å². The molecule has 0 unspecified atom stereocenters. The molecule has 11 heteroatoms. The van der Waals surface area contributed by atoms with Gasteiger partial charge in [-0.25, -0.2) is 9.78 Å². The summed E-state index contributed by atoms with van der Waals surface area (Å²) >= 11 is 1.26. The van der Waals surface area contributed by atoms with Crippen LogP contribution in [0.15, 0.2) is 60.8 Å². The Hall–Kier alpha value is -4.48. The van der Waals surface area contributed by atoms with E-state index in [-0.39, 0.29) is 23.9 Å². The number of benzene rings is 2. The van der Waals surface area contributed by atoms with Crippen LogP contribution in [-0.2, 0) is 4.79 Å². The number of likely N-dealkylation sites (tertiary alicyclic amines) is 2. The number of amides is 4. The maximum atomic E-state index is 13.6. The Bertz CT molecular complexity index is 1720. The molecule has 1 atom stereocenters. The fourth-order valence-corrected chi connectivity index (χ4v) is 6.98. The summed E-state index contributed by atoms with van der Waals surface area (Å²) in [7, 11) is 0. The van der Waals surface area contributed by atoms with Crippen LogP contribution in [0.3, 0.4) is 0 Å². The fraction of sp³-hybridized carbons (Fsp3) is 0.312. The first-order chi connectivity index (χ1) is 20.9. The van der Waals surface area contributed by atoms with Crippen molar-refractivity contribution in [1.29, 1.82) is 0 Å². The molecule has 0 saturated carbocycles. The Morgan fingerprint density at radius 1 is 1.05 bits per heavy atom. The maximum Gasteiger partial charge on any atom is 0.331 e. The number of urea groups is 1. The summed E-state index contributed by atoms with van der Waals surface area (Å²) in [4.78, 5) is 51.2. The van der Waals surface area contributed by atoms with Gasteiger partial charge in [0, 0.05) is 25.3 Å². The molecule has 220 valence electrons. The van der Waals surface area contributed by atoms with Crippen molar-refractivity contribution < 1.29 is 19.1 Å². The number of para-hydroxylation sites is 1. The van der Waals surface area contributed by atoms with Crippen LogP contribution >= 0.6 is 11.3 Å². The van der Waals surface area contributed by atoms with Gasteiger partial charge in [-0.15, -0.1) is 11.3 Å². The summed E-state index contributed by atoms with van der Waals surface area (Å²) in [5, 5.41) is 6.84. The number of pyridine rings is 1. The SMILES string of the molecule is Cc1cc(Oc2ccccc2)ccc1N1C(=O)Nc2c(C(=O)N[C@@H]3CCCN(C(=O)CN4CCC4)C3)sc3nccc1c23. The minimum Gasteiger partial charge on any atom is -0.457 e. The molecule has 3 aliphatic heterocycles. The third kappa shape index (κ3) is 5.30. The Balaban J connectivity index is 1.12. The number of nitrogens with one attached hydrogen (secondary N) is 2. The second kappa shape index (κ2) is 11.3. The van der Waals surface area contributed by atoms with Gasteiger partial charge in [-0.1, -0.05) is 18.2 Å². The third-order valence-corrected chi connectivity index (χ3v) is 9.35. The number of hydrogen-bond donors (Lipinski definition) is 2. The Kier molecular flexibility index (Phi) is 7.20. The largest absolute Gasteiger partial charge is 0.457 e. The highest BCUT2D eigenvalue weighted by Gasteiger charge is 2.34. The molecule has 10 nitrogen and oxygen atoms in total. The van der Waals surface area contributed by atoms with E-state index >= 15 is 0 Å². The zero-order valence-electron chi connectivity index (χ0n) is 23.8. The van der Waals surface area contributed by atoms with Crippen molar-refractivity contribution in [3.05, 3.63) is 71.2 Å². The summed E-state index contributed by atoms with van der Waals surface area (Å²) in [6.45, 7) is 5.53. The summed E-state index contributed by atoms with van der Waals surface area (Å²) in [5.74, 6) is 1.25. The Labute approximate surface area is 253 Å². The number of hydrogen-bond acceptors (Lipinski definition) is 7. The normalized spacial score (nSPS) is 18.3. The second-order valence-corrected chi connectivity index (χ2v) is 12.2. The number of nitrogens with zero attached hydrogens (tertiary/aromatic N) is 4. The van der Waals surface area contributed by atoms with Gasteiger partial charge >= 0.3 is 6.03 Å². The van der Waals surface area contributed by atoms with Crippen molar-refractivity contribution in [2.75, 3.05) is 42.9 Å². The number of aryl methyl sites for hydroxylation is 1. The van der Waals surface area contributed by atoms with E-state index in [0.29, 0.717) is 52.2 Å². The van der Waals surface area contributed by atoms with Crippen molar-refractivity contribution in [1.82, 2.24) is 20.1 Å². The van der Waals surface area contributed by atoms with E-state index in [0.717, 1.165) is 49.1 Å². The van der Waals surface area contributed by atoms with Gasteiger partial charge in [0.05, 0.1) is 29.0 Å². The first-order valence-electron chi connectivity index (χ1n) is 14.6. The van der Waals surface area contributed by atoms with Crippen LogP contribution in [0.4, 0.5) is 21.9 Å². The Morgan fingerprint density at radius 2 is 1.88 bits per heavy atom. The first-order valence-corrected chi connectivity index (χ1v) is 15.4. The second-order valence-electron chi connectivity index (χ2n) is 11.2. The molecule has 0 bridgehead atoms. The van der Waals surface area contributed by atoms with Crippen LogP contribution in [0, 0.1) is 6.92 Å². The smallest absolute Gasteiger partial charge is 0.331 e. The molecular weight excluding hydrogens is 564 g/mol. The van der Waals surface area contributed by atoms with Gasteiger partial charge in [-0.3, -0.25) is 19.4 Å². The van der Waals surface area contributed by atoms with Crippen molar-refractivity contribution in [3.8, 4) is 11.5 Å². The van der Waals surface area contributed by atoms with Gasteiger partial charge in [0.15, 0.2) is 0 Å². The van der Waals surface area contributed by atoms with E-state index in [2.05, 4.69) is 20.5 Å². The summed E-state index contributed by atoms with van der Waals surface area (Å²) < 4.78 is 5.98. The molecule has 7 rings (SSSR count). The van der Waals surface area contributed by atoms with Gasteiger partial charge in [-0.05, 0) is 81.2 Å². The van der Waals surface area contributed by atoms with Crippen LogP contribution < -0.4 is 20.3 Å². The number of anilines is 3. The topological polar surface area (TPSA) is 107 Å². The summed E-state index contributed by atoms with van der Waals surface area (Å²) in [5.41, 5.74) is 2.71. The third-order valence-electron chi connectivity index (χ3n) is 8.26. The summed E-state index contributed by atoms with van der Waals surface area (Å²) in [6.07, 6.45) is 4.44. The monoisotopic (exact) mass is 596 g/mol. The number of carbonyl (C=O) groups is 3. The highest BCUT2D eigenvalue weighted by atomic mass is 32.1. The highest BCUT2D eigenvalue weighted by Crippen LogP contribution is 2.46. The predicted molar refractivity (Wildman–Crippen MR) is 167 cm³/mol. The number of aromatic nitrogens is 1. The zero-order valence-corrected chi connectivity index (χ0v) is 24.7. The minimum absolute atomic E-state index is 0.117. The lowest BCUT2D eigenvalue weighted by atomic mass is 10.0. The standard InChI is InChI=1S/C32H32N6O4S/c1-20-17-23(42-22-8-3-2-4-9-22)10-11-24(20)38-25-12-13-33-31-27(25)28(35-32(38)41)29(43-31)30(40)34-21-7-5-16-37(18-21)26(39)19-36-14-6-15-36/h2-4,8-13,17,21H,5-7,14-16,18-19H2,1H3,(H,34,40)(H,35,41)/t21-/m1/s1. The lowest BCUT2D eigenvalue weighted by molar-refractivity contribution is -0.134. The quantitative estimate of drug-likeness (QED) is 0.292. The first kappa shape index (κ1) is 27.4. The van der Waals surface area contributed by atoms with Gasteiger partial charge in [0.2, 0.25) is 5.91 Å². The van der Waals surface area contributed by atoms with Crippen LogP contribution in [0.5, 0.6) is 11.5 Å². The number of rotatable bonds is 7. The number of piperidine rings is 1. The van der Waals surface area contributed by atoms with Crippen LogP contribution in [0.1, 0.15) is 34.5 Å². The van der Waals surface area contributed by atoms with E-state index < -0.39 is 0 Å². The predicted octanol–water partition coefficient (Wildman–Crippen LogP) is 5.51. The Morgan fingerprint density at radius 3 is 2.65 bits per heavy atom. The van der Waals surface area contributed by atoms with E-state index in [1.807, 2.05) is 60.4 Å². The average molecular weight is 597 g/mol. The van der Waals surface area contributed by atoms with Crippen molar-refractivity contribution in [2.24, 2.45) is 0 Å². The van der Waals surface area contributed by atoms with Crippen molar-refractivity contribution >= 4 is 56.5 Å². The molecule has 4 aromatic rings. The van der Waals surface area contributed by atoms with Gasteiger partial charge in [0.1, 0.15) is 21.2 Å². The molecular formula is C32H32N6O4S. The molecule has 0 aliphatic carbocycles. The molecule has 0 radical (unpaired) electrons. The van der Waals surface area contributed by atoms with Crippen molar-refractivity contribution in [3.63, 3.8) is 0 Å². The molecule has 0 spiro atoms. The lowest BCUT2D eigenvalue weighted by Crippen LogP contribution is -2.53. The molecule has 2 fully saturated rings. The molecule has 2 saturated heterocycles. The van der Waals surface area contributed by atoms with E-state index in [1.54, 1.807) is 17.2 Å². The van der Waals surface area contributed by atoms with Crippen LogP contribution in [-0.4, -0.2) is 71.4 Å². The summed E-state index contributed by atoms with van der Waals surface area (Å²) in [6, 6.07) is 16.4. The molecule has 3 aliphatic rings. The average Bonchev–Trinajstić information content (AvgIpc) is 3.36.